The Morgan fingerprint density at radius 1 is 1.15 bits per heavy atom. The fraction of sp³-hybridized carbons (Fsp3) is 0.190. The molecule has 3 heterocycles. The fourth-order valence-corrected chi connectivity index (χ4v) is 3.23. The monoisotopic (exact) mass is 351 g/mol. The highest BCUT2D eigenvalue weighted by molar-refractivity contribution is 5.79. The van der Waals surface area contributed by atoms with Gasteiger partial charge in [-0.25, -0.2) is 13.8 Å². The molecule has 1 N–H and O–H groups in total. The summed E-state index contributed by atoms with van der Waals surface area (Å²) in [5.41, 5.74) is 4.05. The first-order chi connectivity index (χ1) is 12.7. The van der Waals surface area contributed by atoms with E-state index < -0.39 is 11.6 Å². The van der Waals surface area contributed by atoms with Gasteiger partial charge in [-0.1, -0.05) is 24.3 Å². The maximum absolute atomic E-state index is 13.3. The van der Waals surface area contributed by atoms with E-state index in [2.05, 4.69) is 27.0 Å². The van der Waals surface area contributed by atoms with E-state index in [0.717, 1.165) is 37.8 Å². The summed E-state index contributed by atoms with van der Waals surface area (Å²) in [4.78, 5) is 9.92. The Labute approximate surface area is 150 Å². The summed E-state index contributed by atoms with van der Waals surface area (Å²) in [5.74, 6) is -1.63. The van der Waals surface area contributed by atoms with E-state index in [-0.39, 0.29) is 0 Å². The molecule has 3 aromatic rings. The maximum atomic E-state index is 13.3. The molecule has 0 saturated heterocycles. The zero-order chi connectivity index (χ0) is 17.9. The van der Waals surface area contributed by atoms with Gasteiger partial charge in [0.1, 0.15) is 5.65 Å². The number of aromatic amines is 1. The van der Waals surface area contributed by atoms with E-state index in [0.29, 0.717) is 5.56 Å². The number of nitrogens with one attached hydrogen (secondary N) is 1. The standard InChI is InChI=1S/C21H19F2N3/c22-19-6-5-16(12-20(19)23)4-3-15-7-10-26(11-8-15)14-17-13-25-21-18(17)2-1-9-24-21/h1-7,9,12-13H,8,10-11,14H2,(H,24,25)/b4-3+. The van der Waals surface area contributed by atoms with E-state index in [1.807, 2.05) is 24.4 Å². The number of rotatable bonds is 4. The lowest BCUT2D eigenvalue weighted by Gasteiger charge is -2.25. The SMILES string of the molecule is Fc1ccc(/C=C/C2=CCN(Cc3c[nH]c4ncccc34)CC2)cc1F. The number of hydrogen-bond donors (Lipinski definition) is 1. The average Bonchev–Trinajstić information content (AvgIpc) is 3.07. The lowest BCUT2D eigenvalue weighted by atomic mass is 10.1. The van der Waals surface area contributed by atoms with Gasteiger partial charge in [-0.2, -0.15) is 0 Å². The van der Waals surface area contributed by atoms with Crippen LogP contribution < -0.4 is 0 Å². The van der Waals surface area contributed by atoms with Crippen LogP contribution in [-0.2, 0) is 6.54 Å². The molecule has 4 rings (SSSR count). The minimum absolute atomic E-state index is 0.665. The first kappa shape index (κ1) is 16.7. The van der Waals surface area contributed by atoms with Crippen molar-refractivity contribution in [3.63, 3.8) is 0 Å². The topological polar surface area (TPSA) is 31.9 Å². The Morgan fingerprint density at radius 2 is 2.08 bits per heavy atom. The molecule has 1 aliphatic rings. The molecule has 1 aliphatic heterocycles. The summed E-state index contributed by atoms with van der Waals surface area (Å²) < 4.78 is 26.2. The van der Waals surface area contributed by atoms with Crippen molar-refractivity contribution in [2.45, 2.75) is 13.0 Å². The van der Waals surface area contributed by atoms with Crippen molar-refractivity contribution >= 4 is 17.1 Å². The van der Waals surface area contributed by atoms with Crippen molar-refractivity contribution < 1.29 is 8.78 Å². The number of hydrogen-bond acceptors (Lipinski definition) is 2. The van der Waals surface area contributed by atoms with Crippen molar-refractivity contribution in [3.05, 3.63) is 83.2 Å². The van der Waals surface area contributed by atoms with Crippen molar-refractivity contribution in [1.29, 1.82) is 0 Å². The van der Waals surface area contributed by atoms with Crippen LogP contribution in [-0.4, -0.2) is 28.0 Å². The van der Waals surface area contributed by atoms with Gasteiger partial charge < -0.3 is 4.98 Å². The van der Waals surface area contributed by atoms with Crippen LogP contribution in [0.4, 0.5) is 8.78 Å². The summed E-state index contributed by atoms with van der Waals surface area (Å²) in [7, 11) is 0. The number of pyridine rings is 1. The predicted octanol–water partition coefficient (Wildman–Crippen LogP) is 4.69. The third-order valence-electron chi connectivity index (χ3n) is 4.69. The van der Waals surface area contributed by atoms with Gasteiger partial charge in [0, 0.05) is 37.4 Å². The number of H-pyrrole nitrogens is 1. The molecule has 1 aromatic carbocycles. The minimum atomic E-state index is -0.817. The van der Waals surface area contributed by atoms with Gasteiger partial charge in [-0.05, 0) is 47.4 Å². The molecular weight excluding hydrogens is 332 g/mol. The Balaban J connectivity index is 1.40. The largest absolute Gasteiger partial charge is 0.346 e. The van der Waals surface area contributed by atoms with Crippen molar-refractivity contribution in [1.82, 2.24) is 14.9 Å². The van der Waals surface area contributed by atoms with E-state index >= 15 is 0 Å². The van der Waals surface area contributed by atoms with Gasteiger partial charge in [0.2, 0.25) is 0 Å². The highest BCUT2D eigenvalue weighted by atomic mass is 19.2. The van der Waals surface area contributed by atoms with Crippen LogP contribution >= 0.6 is 0 Å². The first-order valence-corrected chi connectivity index (χ1v) is 8.64. The molecule has 0 aliphatic carbocycles. The van der Waals surface area contributed by atoms with Gasteiger partial charge in [0.15, 0.2) is 11.6 Å². The van der Waals surface area contributed by atoms with Gasteiger partial charge in [0.25, 0.3) is 0 Å². The molecule has 0 saturated carbocycles. The third-order valence-corrected chi connectivity index (χ3v) is 4.69. The van der Waals surface area contributed by atoms with Crippen LogP contribution in [0.25, 0.3) is 17.1 Å². The molecule has 0 amide bonds. The number of fused-ring (bicyclic) bond motifs is 1. The smallest absolute Gasteiger partial charge is 0.159 e. The van der Waals surface area contributed by atoms with Gasteiger partial charge in [-0.15, -0.1) is 0 Å². The third kappa shape index (κ3) is 3.58. The number of nitrogens with zero attached hydrogens (tertiary/aromatic N) is 2. The van der Waals surface area contributed by atoms with Crippen LogP contribution in [0.1, 0.15) is 17.5 Å². The van der Waals surface area contributed by atoms with Crippen molar-refractivity contribution in [3.8, 4) is 0 Å². The highest BCUT2D eigenvalue weighted by Gasteiger charge is 2.13. The van der Waals surface area contributed by atoms with Crippen LogP contribution in [0.3, 0.4) is 0 Å². The summed E-state index contributed by atoms with van der Waals surface area (Å²) in [6.07, 6.45) is 10.8. The molecule has 132 valence electrons. The van der Waals surface area contributed by atoms with Crippen LogP contribution in [0.2, 0.25) is 0 Å². The maximum Gasteiger partial charge on any atom is 0.159 e. The number of allylic oxidation sites excluding steroid dienone is 1. The molecule has 0 fully saturated rings. The second-order valence-corrected chi connectivity index (χ2v) is 6.48. The van der Waals surface area contributed by atoms with E-state index in [4.69, 9.17) is 0 Å². The molecule has 0 atom stereocenters. The Morgan fingerprint density at radius 3 is 2.88 bits per heavy atom. The van der Waals surface area contributed by atoms with Crippen LogP contribution in [0, 0.1) is 11.6 Å². The summed E-state index contributed by atoms with van der Waals surface area (Å²) in [6, 6.07) is 7.99. The van der Waals surface area contributed by atoms with Gasteiger partial charge in [0.05, 0.1) is 0 Å². The Bertz CT molecular complexity index is 988. The second kappa shape index (κ2) is 7.22. The van der Waals surface area contributed by atoms with E-state index in [1.54, 1.807) is 12.3 Å². The molecule has 3 nitrogen and oxygen atoms in total. The van der Waals surface area contributed by atoms with Gasteiger partial charge in [-0.3, -0.25) is 4.90 Å². The lowest BCUT2D eigenvalue weighted by Crippen LogP contribution is -2.27. The molecule has 0 unspecified atom stereocenters. The fourth-order valence-electron chi connectivity index (χ4n) is 3.23. The zero-order valence-corrected chi connectivity index (χ0v) is 14.3. The van der Waals surface area contributed by atoms with Gasteiger partial charge >= 0.3 is 0 Å². The lowest BCUT2D eigenvalue weighted by molar-refractivity contribution is 0.288. The number of aromatic nitrogens is 2. The van der Waals surface area contributed by atoms with E-state index in [9.17, 15) is 8.78 Å². The minimum Gasteiger partial charge on any atom is -0.346 e. The Hall–Kier alpha value is -2.79. The molecule has 0 radical (unpaired) electrons. The summed E-state index contributed by atoms with van der Waals surface area (Å²) >= 11 is 0. The second-order valence-electron chi connectivity index (χ2n) is 6.48. The van der Waals surface area contributed by atoms with Crippen LogP contribution in [0.5, 0.6) is 0 Å². The molecule has 2 aromatic heterocycles. The Kier molecular flexibility index (Phi) is 4.63. The first-order valence-electron chi connectivity index (χ1n) is 8.64. The average molecular weight is 351 g/mol. The quantitative estimate of drug-likeness (QED) is 0.740. The normalized spacial score (nSPS) is 15.7. The van der Waals surface area contributed by atoms with Crippen molar-refractivity contribution in [2.24, 2.45) is 0 Å². The summed E-state index contributed by atoms with van der Waals surface area (Å²) in [6.45, 7) is 2.70. The predicted molar refractivity (Wildman–Crippen MR) is 99.5 cm³/mol. The van der Waals surface area contributed by atoms with E-state index in [1.165, 1.54) is 22.6 Å². The summed E-state index contributed by atoms with van der Waals surface area (Å²) in [5, 5.41) is 1.17. The highest BCUT2D eigenvalue weighted by Crippen LogP contribution is 2.21. The molecular formula is C21H19F2N3. The number of benzene rings is 1. The van der Waals surface area contributed by atoms with Crippen molar-refractivity contribution in [2.75, 3.05) is 13.1 Å². The molecule has 0 bridgehead atoms. The molecule has 0 spiro atoms. The molecule has 5 heteroatoms. The molecule has 26 heavy (non-hydrogen) atoms. The zero-order valence-electron chi connectivity index (χ0n) is 14.3. The van der Waals surface area contributed by atoms with Crippen LogP contribution in [0.15, 0.2) is 60.5 Å². The number of halogens is 2.